The number of allylic oxidation sites excluding steroid dienone is 3. The number of rotatable bonds is 6. The Kier molecular flexibility index (Phi) is 7.47. The Morgan fingerprint density at radius 3 is 1.95 bits per heavy atom. The summed E-state index contributed by atoms with van der Waals surface area (Å²) in [6.07, 6.45) is 6.96. The molecule has 0 radical (unpaired) electrons. The third-order valence-electron chi connectivity index (χ3n) is 4.53. The molecule has 20 heavy (non-hydrogen) atoms. The molecule has 0 spiro atoms. The summed E-state index contributed by atoms with van der Waals surface area (Å²) >= 11 is 0. The van der Waals surface area contributed by atoms with Crippen LogP contribution in [0.4, 0.5) is 0 Å². The Morgan fingerprint density at radius 1 is 1.10 bits per heavy atom. The van der Waals surface area contributed by atoms with Gasteiger partial charge < -0.3 is 4.43 Å². The van der Waals surface area contributed by atoms with Gasteiger partial charge in [-0.15, -0.1) is 0 Å². The molecule has 0 aromatic carbocycles. The van der Waals surface area contributed by atoms with E-state index in [1.165, 1.54) is 5.57 Å². The first-order valence-electron chi connectivity index (χ1n) is 7.91. The minimum absolute atomic E-state index is 0.267. The molecule has 0 saturated heterocycles. The standard InChI is InChI=1S/C18H36OSi/c1-11-15(4)12-13-16(5)17(14(2)3)19-20(9,10)18(6,7)8/h11-14,16-17H,1-10H3/b13-12-,15-11-/t16-,17+/m0/s1. The SMILES string of the molecule is C/C=C(C)\C=C/[C@H](C)[C@H](O[Si](C)(C)C(C)(C)C)C(C)C. The molecule has 0 aromatic rings. The Labute approximate surface area is 128 Å². The van der Waals surface area contributed by atoms with E-state index in [-0.39, 0.29) is 5.04 Å². The van der Waals surface area contributed by atoms with Gasteiger partial charge in [0, 0.05) is 0 Å². The average molecular weight is 297 g/mol. The van der Waals surface area contributed by atoms with E-state index < -0.39 is 8.32 Å². The summed E-state index contributed by atoms with van der Waals surface area (Å²) in [5.74, 6) is 0.980. The van der Waals surface area contributed by atoms with E-state index >= 15 is 0 Å². The molecular weight excluding hydrogens is 260 g/mol. The van der Waals surface area contributed by atoms with E-state index in [0.29, 0.717) is 17.9 Å². The van der Waals surface area contributed by atoms with Crippen molar-refractivity contribution in [3.05, 3.63) is 23.8 Å². The molecule has 0 N–H and O–H groups in total. The maximum atomic E-state index is 6.66. The summed E-state index contributed by atoms with van der Waals surface area (Å²) in [6, 6.07) is 0. The second-order valence-electron chi connectivity index (χ2n) is 7.84. The summed E-state index contributed by atoms with van der Waals surface area (Å²) in [6.45, 7) is 22.6. The molecule has 0 amide bonds. The molecule has 0 unspecified atom stereocenters. The molecule has 2 atom stereocenters. The van der Waals surface area contributed by atoms with Crippen LogP contribution in [0.2, 0.25) is 18.1 Å². The lowest BCUT2D eigenvalue weighted by molar-refractivity contribution is 0.101. The van der Waals surface area contributed by atoms with Crippen LogP contribution < -0.4 is 0 Å². The van der Waals surface area contributed by atoms with Gasteiger partial charge in [-0.3, -0.25) is 0 Å². The van der Waals surface area contributed by atoms with Crippen molar-refractivity contribution in [2.45, 2.75) is 79.6 Å². The number of hydrogen-bond acceptors (Lipinski definition) is 1. The van der Waals surface area contributed by atoms with Crippen molar-refractivity contribution >= 4 is 8.32 Å². The van der Waals surface area contributed by atoms with Gasteiger partial charge in [-0.1, -0.05) is 65.3 Å². The molecule has 2 heteroatoms. The Balaban J connectivity index is 5.04. The van der Waals surface area contributed by atoms with Crippen molar-refractivity contribution in [1.82, 2.24) is 0 Å². The van der Waals surface area contributed by atoms with Gasteiger partial charge in [0.05, 0.1) is 6.10 Å². The van der Waals surface area contributed by atoms with E-state index in [9.17, 15) is 0 Å². The third-order valence-corrected chi connectivity index (χ3v) is 9.00. The molecule has 118 valence electrons. The predicted molar refractivity (Wildman–Crippen MR) is 94.6 cm³/mol. The fourth-order valence-corrected chi connectivity index (χ4v) is 3.40. The molecule has 0 aliphatic carbocycles. The van der Waals surface area contributed by atoms with Gasteiger partial charge >= 0.3 is 0 Å². The monoisotopic (exact) mass is 296 g/mol. The topological polar surface area (TPSA) is 9.23 Å². The van der Waals surface area contributed by atoms with Crippen LogP contribution in [0.25, 0.3) is 0 Å². The van der Waals surface area contributed by atoms with Crippen molar-refractivity contribution in [1.29, 1.82) is 0 Å². The van der Waals surface area contributed by atoms with Crippen LogP contribution in [0.3, 0.4) is 0 Å². The fourth-order valence-electron chi connectivity index (χ4n) is 1.88. The first-order valence-corrected chi connectivity index (χ1v) is 10.8. The van der Waals surface area contributed by atoms with Crippen LogP contribution >= 0.6 is 0 Å². The Morgan fingerprint density at radius 2 is 1.60 bits per heavy atom. The summed E-state index contributed by atoms with van der Waals surface area (Å²) in [5.41, 5.74) is 1.31. The molecule has 1 nitrogen and oxygen atoms in total. The molecule has 0 aliphatic rings. The van der Waals surface area contributed by atoms with Gasteiger partial charge in [-0.05, 0) is 43.8 Å². The van der Waals surface area contributed by atoms with Gasteiger partial charge in [-0.2, -0.15) is 0 Å². The highest BCUT2D eigenvalue weighted by molar-refractivity contribution is 6.74. The molecule has 0 fully saturated rings. The molecule has 0 saturated carbocycles. The van der Waals surface area contributed by atoms with Crippen molar-refractivity contribution in [3.8, 4) is 0 Å². The van der Waals surface area contributed by atoms with Gasteiger partial charge in [0.2, 0.25) is 0 Å². The minimum atomic E-state index is -1.71. The zero-order valence-corrected chi connectivity index (χ0v) is 16.4. The van der Waals surface area contributed by atoms with E-state index in [2.05, 4.69) is 86.7 Å². The fraction of sp³-hybridized carbons (Fsp3) is 0.778. The lowest BCUT2D eigenvalue weighted by atomic mass is 9.94. The smallest absolute Gasteiger partial charge is 0.192 e. The predicted octanol–water partition coefficient (Wildman–Crippen LogP) is 6.19. The van der Waals surface area contributed by atoms with Crippen molar-refractivity contribution in [2.24, 2.45) is 11.8 Å². The minimum Gasteiger partial charge on any atom is -0.413 e. The van der Waals surface area contributed by atoms with Gasteiger partial charge in [0.25, 0.3) is 0 Å². The maximum Gasteiger partial charge on any atom is 0.192 e. The first-order chi connectivity index (χ1) is 8.92. The van der Waals surface area contributed by atoms with E-state index in [0.717, 1.165) is 0 Å². The molecule has 0 bridgehead atoms. The zero-order valence-electron chi connectivity index (χ0n) is 15.4. The summed E-state index contributed by atoms with van der Waals surface area (Å²) in [7, 11) is -1.71. The van der Waals surface area contributed by atoms with Crippen molar-refractivity contribution in [2.75, 3.05) is 0 Å². The lowest BCUT2D eigenvalue weighted by Gasteiger charge is -2.42. The Hall–Kier alpha value is -0.343. The molecule has 0 aliphatic heterocycles. The van der Waals surface area contributed by atoms with Crippen LogP contribution in [0, 0.1) is 11.8 Å². The number of hydrogen-bond donors (Lipinski definition) is 0. The van der Waals surface area contributed by atoms with Crippen LogP contribution in [0.5, 0.6) is 0 Å². The average Bonchev–Trinajstić information content (AvgIpc) is 2.30. The Bertz CT molecular complexity index is 345. The van der Waals surface area contributed by atoms with Crippen LogP contribution in [0.15, 0.2) is 23.8 Å². The van der Waals surface area contributed by atoms with Crippen LogP contribution in [-0.4, -0.2) is 14.4 Å². The largest absolute Gasteiger partial charge is 0.413 e. The van der Waals surface area contributed by atoms with Crippen molar-refractivity contribution in [3.63, 3.8) is 0 Å². The quantitative estimate of drug-likeness (QED) is 0.419. The molecule has 0 rings (SSSR count). The van der Waals surface area contributed by atoms with E-state index in [1.807, 2.05) is 0 Å². The normalized spacial score (nSPS) is 17.9. The van der Waals surface area contributed by atoms with Gasteiger partial charge in [-0.25, -0.2) is 0 Å². The summed E-state index contributed by atoms with van der Waals surface area (Å²) in [5, 5.41) is 0.267. The summed E-state index contributed by atoms with van der Waals surface area (Å²) < 4.78 is 6.66. The van der Waals surface area contributed by atoms with E-state index in [4.69, 9.17) is 4.43 Å². The zero-order chi connectivity index (χ0) is 16.1. The molecule has 0 aromatic heterocycles. The second kappa shape index (κ2) is 7.60. The highest BCUT2D eigenvalue weighted by Crippen LogP contribution is 2.39. The van der Waals surface area contributed by atoms with Crippen LogP contribution in [-0.2, 0) is 4.43 Å². The lowest BCUT2D eigenvalue weighted by Crippen LogP contribution is -2.46. The molecule has 0 heterocycles. The van der Waals surface area contributed by atoms with Crippen molar-refractivity contribution < 1.29 is 4.43 Å². The maximum absolute atomic E-state index is 6.66. The highest BCUT2D eigenvalue weighted by atomic mass is 28.4. The van der Waals surface area contributed by atoms with Gasteiger partial charge in [0.15, 0.2) is 8.32 Å². The van der Waals surface area contributed by atoms with Crippen LogP contribution in [0.1, 0.15) is 55.4 Å². The summed E-state index contributed by atoms with van der Waals surface area (Å²) in [4.78, 5) is 0. The third kappa shape index (κ3) is 5.97. The molecular formula is C18H36OSi. The van der Waals surface area contributed by atoms with Gasteiger partial charge in [0.1, 0.15) is 0 Å². The highest BCUT2D eigenvalue weighted by Gasteiger charge is 2.40. The second-order valence-corrected chi connectivity index (χ2v) is 12.6. The van der Waals surface area contributed by atoms with E-state index in [1.54, 1.807) is 0 Å². The first kappa shape index (κ1) is 19.7.